The summed E-state index contributed by atoms with van der Waals surface area (Å²) < 4.78 is 4.76. The van der Waals surface area contributed by atoms with Gasteiger partial charge >= 0.3 is 5.97 Å². The average molecular weight is 372 g/mol. The number of rotatable bonds is 5. The topological polar surface area (TPSA) is 79.9 Å². The van der Waals surface area contributed by atoms with Crippen molar-refractivity contribution < 1.29 is 9.53 Å². The van der Waals surface area contributed by atoms with Gasteiger partial charge in [-0.1, -0.05) is 29.8 Å². The first-order valence-corrected chi connectivity index (χ1v) is 8.96. The lowest BCUT2D eigenvalue weighted by atomic mass is 10.1. The van der Waals surface area contributed by atoms with Crippen molar-refractivity contribution in [1.29, 1.82) is 0 Å². The Hall–Kier alpha value is -3.67. The smallest absolute Gasteiger partial charge is 0.337 e. The number of aromatic amines is 1. The third kappa shape index (κ3) is 3.71. The van der Waals surface area contributed by atoms with Crippen LogP contribution in [0.3, 0.4) is 0 Å². The third-order valence-electron chi connectivity index (χ3n) is 4.50. The van der Waals surface area contributed by atoms with Crippen molar-refractivity contribution >= 4 is 22.8 Å². The summed E-state index contributed by atoms with van der Waals surface area (Å²) >= 11 is 0. The van der Waals surface area contributed by atoms with Crippen LogP contribution in [0.5, 0.6) is 0 Å². The summed E-state index contributed by atoms with van der Waals surface area (Å²) in [5.74, 6) is 1.13. The molecule has 0 atom stereocenters. The van der Waals surface area contributed by atoms with E-state index in [0.717, 1.165) is 29.0 Å². The third-order valence-corrected chi connectivity index (χ3v) is 4.50. The van der Waals surface area contributed by atoms with E-state index in [9.17, 15) is 4.79 Å². The van der Waals surface area contributed by atoms with E-state index in [-0.39, 0.29) is 5.97 Å². The first-order valence-electron chi connectivity index (χ1n) is 8.96. The second-order valence-corrected chi connectivity index (χ2v) is 6.58. The number of aryl methyl sites for hydroxylation is 1. The van der Waals surface area contributed by atoms with Crippen LogP contribution in [0.15, 0.2) is 60.8 Å². The number of H-pyrrole nitrogens is 1. The van der Waals surface area contributed by atoms with Crippen molar-refractivity contribution in [3.05, 3.63) is 77.5 Å². The number of aromatic nitrogens is 3. The lowest BCUT2D eigenvalue weighted by molar-refractivity contribution is 0.0601. The minimum absolute atomic E-state index is 0.372. The second kappa shape index (κ2) is 7.52. The van der Waals surface area contributed by atoms with E-state index in [0.29, 0.717) is 11.4 Å². The molecule has 0 spiro atoms. The first kappa shape index (κ1) is 17.7. The molecular weight excluding hydrogens is 352 g/mol. The summed E-state index contributed by atoms with van der Waals surface area (Å²) in [5.41, 5.74) is 5.37. The zero-order valence-corrected chi connectivity index (χ0v) is 15.7. The van der Waals surface area contributed by atoms with Crippen LogP contribution in [-0.2, 0) is 11.3 Å². The summed E-state index contributed by atoms with van der Waals surface area (Å²) in [5, 5.41) is 3.33. The monoisotopic (exact) mass is 372 g/mol. The standard InChI is InChI=1S/C22H20N4O2/c1-14-4-3-5-15(10-14)12-23-20-9-7-17(13-24-20)21-25-18-8-6-16(22(27)28-2)11-19(18)26-21/h3-11,13H,12H2,1-2H3,(H,23,24)(H,25,26). The molecule has 2 aromatic carbocycles. The minimum Gasteiger partial charge on any atom is -0.465 e. The fraction of sp³-hybridized carbons (Fsp3) is 0.136. The molecule has 0 bridgehead atoms. The van der Waals surface area contributed by atoms with E-state index in [4.69, 9.17) is 4.74 Å². The Morgan fingerprint density at radius 3 is 2.79 bits per heavy atom. The van der Waals surface area contributed by atoms with Gasteiger partial charge in [0.2, 0.25) is 0 Å². The highest BCUT2D eigenvalue weighted by molar-refractivity contribution is 5.94. The van der Waals surface area contributed by atoms with Gasteiger partial charge in [-0.25, -0.2) is 14.8 Å². The number of fused-ring (bicyclic) bond motifs is 1. The highest BCUT2D eigenvalue weighted by Crippen LogP contribution is 2.22. The molecule has 4 rings (SSSR count). The van der Waals surface area contributed by atoms with E-state index < -0.39 is 0 Å². The zero-order chi connectivity index (χ0) is 19.5. The normalized spacial score (nSPS) is 10.8. The fourth-order valence-corrected chi connectivity index (χ4v) is 3.04. The van der Waals surface area contributed by atoms with Crippen LogP contribution in [0.1, 0.15) is 21.5 Å². The van der Waals surface area contributed by atoms with Crippen molar-refractivity contribution in [2.24, 2.45) is 0 Å². The van der Waals surface area contributed by atoms with Crippen molar-refractivity contribution in [2.75, 3.05) is 12.4 Å². The van der Waals surface area contributed by atoms with Crippen molar-refractivity contribution in [3.8, 4) is 11.4 Å². The number of esters is 1. The summed E-state index contributed by atoms with van der Waals surface area (Å²) in [6.07, 6.45) is 1.78. The first-order chi connectivity index (χ1) is 13.6. The molecule has 28 heavy (non-hydrogen) atoms. The van der Waals surface area contributed by atoms with E-state index >= 15 is 0 Å². The molecule has 0 aliphatic heterocycles. The molecule has 0 fully saturated rings. The van der Waals surface area contributed by atoms with Crippen LogP contribution < -0.4 is 5.32 Å². The highest BCUT2D eigenvalue weighted by Gasteiger charge is 2.10. The number of carbonyl (C=O) groups excluding carboxylic acids is 1. The van der Waals surface area contributed by atoms with Gasteiger partial charge in [-0.05, 0) is 42.8 Å². The fourth-order valence-electron chi connectivity index (χ4n) is 3.04. The van der Waals surface area contributed by atoms with Gasteiger partial charge in [0.1, 0.15) is 11.6 Å². The molecule has 6 nitrogen and oxygen atoms in total. The molecule has 0 saturated heterocycles. The SMILES string of the molecule is COC(=O)c1ccc2nc(-c3ccc(NCc4cccc(C)c4)nc3)[nH]c2c1. The Balaban J connectivity index is 1.51. The molecule has 0 radical (unpaired) electrons. The molecule has 0 aliphatic rings. The number of nitrogens with zero attached hydrogens (tertiary/aromatic N) is 2. The Morgan fingerprint density at radius 1 is 1.14 bits per heavy atom. The van der Waals surface area contributed by atoms with Gasteiger partial charge in [0, 0.05) is 18.3 Å². The largest absolute Gasteiger partial charge is 0.465 e. The van der Waals surface area contributed by atoms with Crippen LogP contribution >= 0.6 is 0 Å². The Labute approximate surface area is 162 Å². The van der Waals surface area contributed by atoms with Crippen LogP contribution in [-0.4, -0.2) is 28.0 Å². The van der Waals surface area contributed by atoms with Gasteiger partial charge in [-0.15, -0.1) is 0 Å². The number of hydrogen-bond donors (Lipinski definition) is 2. The van der Waals surface area contributed by atoms with Gasteiger partial charge in [-0.3, -0.25) is 0 Å². The molecule has 2 N–H and O–H groups in total. The molecular formula is C22H20N4O2. The maximum atomic E-state index is 11.7. The lowest BCUT2D eigenvalue weighted by Gasteiger charge is -2.07. The molecule has 6 heteroatoms. The maximum absolute atomic E-state index is 11.7. The van der Waals surface area contributed by atoms with Gasteiger partial charge in [-0.2, -0.15) is 0 Å². The molecule has 2 aromatic heterocycles. The number of methoxy groups -OCH3 is 1. The van der Waals surface area contributed by atoms with E-state index in [1.165, 1.54) is 18.2 Å². The van der Waals surface area contributed by atoms with E-state index in [2.05, 4.69) is 51.5 Å². The summed E-state index contributed by atoms with van der Waals surface area (Å²) in [6, 6.07) is 17.5. The Morgan fingerprint density at radius 2 is 2.04 bits per heavy atom. The van der Waals surface area contributed by atoms with Crippen molar-refractivity contribution in [3.63, 3.8) is 0 Å². The van der Waals surface area contributed by atoms with E-state index in [1.54, 1.807) is 24.4 Å². The molecule has 2 heterocycles. The maximum Gasteiger partial charge on any atom is 0.337 e. The summed E-state index contributed by atoms with van der Waals surface area (Å²) in [4.78, 5) is 24.0. The zero-order valence-electron chi connectivity index (χ0n) is 15.7. The number of ether oxygens (including phenoxy) is 1. The van der Waals surface area contributed by atoms with Gasteiger partial charge in [0.05, 0.1) is 23.7 Å². The van der Waals surface area contributed by atoms with Crippen LogP contribution in [0.25, 0.3) is 22.4 Å². The lowest BCUT2D eigenvalue weighted by Crippen LogP contribution is -2.01. The van der Waals surface area contributed by atoms with Crippen LogP contribution in [0.4, 0.5) is 5.82 Å². The van der Waals surface area contributed by atoms with Crippen LogP contribution in [0.2, 0.25) is 0 Å². The average Bonchev–Trinajstić information content (AvgIpc) is 3.15. The molecule has 0 unspecified atom stereocenters. The summed E-state index contributed by atoms with van der Waals surface area (Å²) in [7, 11) is 1.37. The van der Waals surface area contributed by atoms with Gasteiger partial charge in [0.25, 0.3) is 0 Å². The summed E-state index contributed by atoms with van der Waals surface area (Å²) in [6.45, 7) is 2.80. The molecule has 0 saturated carbocycles. The number of nitrogens with one attached hydrogen (secondary N) is 2. The van der Waals surface area contributed by atoms with Gasteiger partial charge < -0.3 is 15.0 Å². The predicted octanol–water partition coefficient (Wildman–Crippen LogP) is 4.33. The van der Waals surface area contributed by atoms with Crippen molar-refractivity contribution in [2.45, 2.75) is 13.5 Å². The molecule has 0 amide bonds. The molecule has 0 aliphatic carbocycles. The molecule has 4 aromatic rings. The number of hydrogen-bond acceptors (Lipinski definition) is 5. The molecule has 140 valence electrons. The van der Waals surface area contributed by atoms with Crippen molar-refractivity contribution in [1.82, 2.24) is 15.0 Å². The van der Waals surface area contributed by atoms with E-state index in [1.807, 2.05) is 12.1 Å². The number of anilines is 1. The van der Waals surface area contributed by atoms with Crippen LogP contribution in [0, 0.1) is 6.92 Å². The number of carbonyl (C=O) groups is 1. The second-order valence-electron chi connectivity index (χ2n) is 6.58. The Bertz CT molecular complexity index is 1130. The quantitative estimate of drug-likeness (QED) is 0.510. The number of benzene rings is 2. The van der Waals surface area contributed by atoms with Gasteiger partial charge in [0.15, 0.2) is 0 Å². The minimum atomic E-state index is -0.372. The highest BCUT2D eigenvalue weighted by atomic mass is 16.5. The Kier molecular flexibility index (Phi) is 4.76. The predicted molar refractivity (Wildman–Crippen MR) is 109 cm³/mol. The number of pyridine rings is 1. The number of imidazole rings is 1.